The molecule has 0 saturated carbocycles. The zero-order chi connectivity index (χ0) is 22.3. The first-order valence-corrected chi connectivity index (χ1v) is 11.0. The summed E-state index contributed by atoms with van der Waals surface area (Å²) in [6.07, 6.45) is 3.01. The SMILES string of the molecule is CCN(CC)S(=O)(=O)c1ccc(OC)c(NC(=O)/C=C/c2cc(C)ccc2OC)c1. The fourth-order valence-corrected chi connectivity index (χ4v) is 4.47. The Morgan fingerprint density at radius 3 is 2.27 bits per heavy atom. The van der Waals surface area contributed by atoms with Crippen molar-refractivity contribution in [2.75, 3.05) is 32.6 Å². The number of aryl methyl sites for hydroxylation is 1. The summed E-state index contributed by atoms with van der Waals surface area (Å²) in [5.41, 5.74) is 2.07. The summed E-state index contributed by atoms with van der Waals surface area (Å²) in [5.74, 6) is 0.590. The molecule has 0 heterocycles. The molecule has 0 aliphatic rings. The van der Waals surface area contributed by atoms with E-state index in [1.54, 1.807) is 27.0 Å². The molecule has 0 radical (unpaired) electrons. The molecule has 0 saturated heterocycles. The van der Waals surface area contributed by atoms with E-state index < -0.39 is 15.9 Å². The number of anilines is 1. The Balaban J connectivity index is 2.31. The molecule has 2 rings (SSSR count). The lowest BCUT2D eigenvalue weighted by molar-refractivity contribution is -0.111. The predicted octanol–water partition coefficient (Wildman–Crippen LogP) is 3.69. The smallest absolute Gasteiger partial charge is 0.248 e. The molecular weight excluding hydrogens is 404 g/mol. The van der Waals surface area contributed by atoms with Crippen LogP contribution in [-0.4, -0.2) is 45.9 Å². The molecule has 0 spiro atoms. The second-order valence-corrected chi connectivity index (χ2v) is 8.46. The van der Waals surface area contributed by atoms with Gasteiger partial charge in [0.05, 0.1) is 24.8 Å². The van der Waals surface area contributed by atoms with E-state index in [4.69, 9.17) is 9.47 Å². The monoisotopic (exact) mass is 432 g/mol. The van der Waals surface area contributed by atoms with E-state index in [0.29, 0.717) is 24.6 Å². The molecule has 30 heavy (non-hydrogen) atoms. The normalized spacial score (nSPS) is 11.7. The summed E-state index contributed by atoms with van der Waals surface area (Å²) in [4.78, 5) is 12.6. The fraction of sp³-hybridized carbons (Fsp3) is 0.318. The van der Waals surface area contributed by atoms with Crippen LogP contribution in [0.25, 0.3) is 6.08 Å². The van der Waals surface area contributed by atoms with E-state index in [2.05, 4.69) is 5.32 Å². The molecule has 0 aliphatic heterocycles. The highest BCUT2D eigenvalue weighted by molar-refractivity contribution is 7.89. The van der Waals surface area contributed by atoms with Crippen LogP contribution in [0.5, 0.6) is 11.5 Å². The summed E-state index contributed by atoms with van der Waals surface area (Å²) >= 11 is 0. The van der Waals surface area contributed by atoms with Gasteiger partial charge in [-0.25, -0.2) is 8.42 Å². The average molecular weight is 433 g/mol. The van der Waals surface area contributed by atoms with Gasteiger partial charge in [-0.3, -0.25) is 4.79 Å². The third-order valence-electron chi connectivity index (χ3n) is 4.57. The first-order chi connectivity index (χ1) is 14.3. The number of hydrogen-bond donors (Lipinski definition) is 1. The summed E-state index contributed by atoms with van der Waals surface area (Å²) in [5, 5.41) is 2.70. The summed E-state index contributed by atoms with van der Waals surface area (Å²) < 4.78 is 37.5. The maximum atomic E-state index is 12.8. The quantitative estimate of drug-likeness (QED) is 0.611. The molecule has 2 aromatic rings. The molecule has 0 fully saturated rings. The Morgan fingerprint density at radius 1 is 1.03 bits per heavy atom. The molecule has 1 amide bonds. The minimum atomic E-state index is -3.66. The van der Waals surface area contributed by atoms with Crippen LogP contribution < -0.4 is 14.8 Å². The van der Waals surface area contributed by atoms with Crippen molar-refractivity contribution in [1.29, 1.82) is 0 Å². The first kappa shape index (κ1) is 23.4. The van der Waals surface area contributed by atoms with Gasteiger partial charge in [-0.05, 0) is 43.3 Å². The molecule has 7 nitrogen and oxygen atoms in total. The molecular formula is C22H28N2O5S. The lowest BCUT2D eigenvalue weighted by atomic mass is 10.1. The number of rotatable bonds is 9. The van der Waals surface area contributed by atoms with Crippen LogP contribution >= 0.6 is 0 Å². The number of carbonyl (C=O) groups is 1. The van der Waals surface area contributed by atoms with Crippen molar-refractivity contribution in [3.63, 3.8) is 0 Å². The van der Waals surface area contributed by atoms with Gasteiger partial charge in [0.2, 0.25) is 15.9 Å². The largest absolute Gasteiger partial charge is 0.496 e. The highest BCUT2D eigenvalue weighted by Gasteiger charge is 2.23. The van der Waals surface area contributed by atoms with Crippen LogP contribution in [0.4, 0.5) is 5.69 Å². The highest BCUT2D eigenvalue weighted by Crippen LogP contribution is 2.29. The number of methoxy groups -OCH3 is 2. The van der Waals surface area contributed by atoms with Crippen LogP contribution in [0.2, 0.25) is 0 Å². The van der Waals surface area contributed by atoms with Gasteiger partial charge in [0.1, 0.15) is 11.5 Å². The van der Waals surface area contributed by atoms with Crippen molar-refractivity contribution >= 4 is 27.7 Å². The van der Waals surface area contributed by atoms with E-state index in [9.17, 15) is 13.2 Å². The number of ether oxygens (including phenoxy) is 2. The van der Waals surface area contributed by atoms with Crippen LogP contribution in [0.1, 0.15) is 25.0 Å². The molecule has 2 aromatic carbocycles. The number of nitrogens with zero attached hydrogens (tertiary/aromatic N) is 1. The Bertz CT molecular complexity index is 1030. The lowest BCUT2D eigenvalue weighted by Crippen LogP contribution is -2.30. The van der Waals surface area contributed by atoms with E-state index >= 15 is 0 Å². The van der Waals surface area contributed by atoms with E-state index in [-0.39, 0.29) is 10.6 Å². The van der Waals surface area contributed by atoms with Crippen molar-refractivity contribution in [1.82, 2.24) is 4.31 Å². The second kappa shape index (κ2) is 10.3. The molecule has 0 aliphatic carbocycles. The summed E-state index contributed by atoms with van der Waals surface area (Å²) in [7, 11) is -0.642. The maximum Gasteiger partial charge on any atom is 0.248 e. The van der Waals surface area contributed by atoms with Gasteiger partial charge in [-0.2, -0.15) is 4.31 Å². The number of sulfonamides is 1. The number of benzene rings is 2. The Morgan fingerprint density at radius 2 is 1.67 bits per heavy atom. The van der Waals surface area contributed by atoms with Gasteiger partial charge in [-0.15, -0.1) is 0 Å². The topological polar surface area (TPSA) is 84.9 Å². The molecule has 0 unspecified atom stereocenters. The van der Waals surface area contributed by atoms with Crippen LogP contribution in [0.15, 0.2) is 47.4 Å². The van der Waals surface area contributed by atoms with Crippen molar-refractivity contribution in [2.24, 2.45) is 0 Å². The standard InChI is InChI=1S/C22H28N2O5S/c1-6-24(7-2)30(26,27)18-10-12-21(29-5)19(15-18)23-22(25)13-9-17-14-16(3)8-11-20(17)28-4/h8-15H,6-7H2,1-5H3,(H,23,25)/b13-9+. The van der Waals surface area contributed by atoms with Gasteiger partial charge < -0.3 is 14.8 Å². The molecule has 0 bridgehead atoms. The van der Waals surface area contributed by atoms with E-state index in [0.717, 1.165) is 11.1 Å². The van der Waals surface area contributed by atoms with Gasteiger partial charge in [0.25, 0.3) is 0 Å². The van der Waals surface area contributed by atoms with Gasteiger partial charge in [0.15, 0.2) is 0 Å². The van der Waals surface area contributed by atoms with Crippen molar-refractivity contribution < 1.29 is 22.7 Å². The highest BCUT2D eigenvalue weighted by atomic mass is 32.2. The Hall–Kier alpha value is -2.84. The Labute approximate surface area is 178 Å². The van der Waals surface area contributed by atoms with Crippen molar-refractivity contribution in [3.8, 4) is 11.5 Å². The van der Waals surface area contributed by atoms with Crippen LogP contribution in [-0.2, 0) is 14.8 Å². The van der Waals surface area contributed by atoms with E-state index in [1.165, 1.54) is 35.7 Å². The second-order valence-electron chi connectivity index (χ2n) is 6.52. The predicted molar refractivity (Wildman–Crippen MR) is 118 cm³/mol. The fourth-order valence-electron chi connectivity index (χ4n) is 2.98. The molecule has 0 atom stereocenters. The average Bonchev–Trinajstić information content (AvgIpc) is 2.73. The Kier molecular flexibility index (Phi) is 8.02. The first-order valence-electron chi connectivity index (χ1n) is 9.58. The van der Waals surface area contributed by atoms with Gasteiger partial charge in [-0.1, -0.05) is 25.5 Å². The van der Waals surface area contributed by atoms with E-state index in [1.807, 2.05) is 25.1 Å². The number of hydrogen-bond acceptors (Lipinski definition) is 5. The molecule has 0 aromatic heterocycles. The zero-order valence-corrected chi connectivity index (χ0v) is 18.7. The minimum absolute atomic E-state index is 0.0895. The third kappa shape index (κ3) is 5.40. The van der Waals surface area contributed by atoms with Crippen LogP contribution in [0.3, 0.4) is 0 Å². The van der Waals surface area contributed by atoms with Gasteiger partial charge in [0, 0.05) is 24.7 Å². The maximum absolute atomic E-state index is 12.8. The molecule has 162 valence electrons. The summed E-state index contributed by atoms with van der Waals surface area (Å²) in [6, 6.07) is 10.1. The number of carbonyl (C=O) groups excluding carboxylic acids is 1. The molecule has 8 heteroatoms. The van der Waals surface area contributed by atoms with Crippen LogP contribution in [0, 0.1) is 6.92 Å². The van der Waals surface area contributed by atoms with Crippen molar-refractivity contribution in [3.05, 3.63) is 53.6 Å². The number of amides is 1. The van der Waals surface area contributed by atoms with Crippen molar-refractivity contribution in [2.45, 2.75) is 25.7 Å². The lowest BCUT2D eigenvalue weighted by Gasteiger charge is -2.19. The minimum Gasteiger partial charge on any atom is -0.496 e. The van der Waals surface area contributed by atoms with Gasteiger partial charge >= 0.3 is 0 Å². The zero-order valence-electron chi connectivity index (χ0n) is 17.9. The number of nitrogens with one attached hydrogen (secondary N) is 1. The molecule has 1 N–H and O–H groups in total. The third-order valence-corrected chi connectivity index (χ3v) is 6.62. The summed E-state index contributed by atoms with van der Waals surface area (Å²) in [6.45, 7) is 6.21.